The number of nitrogens with two attached hydrogens (primary N) is 1. The number of hydrogen-bond acceptors (Lipinski definition) is 3. The smallest absolute Gasteiger partial charge is 0.138 e. The Bertz CT molecular complexity index is 539. The highest BCUT2D eigenvalue weighted by Crippen LogP contribution is 2.27. The summed E-state index contributed by atoms with van der Waals surface area (Å²) in [6, 6.07) is 5.91. The Hall–Kier alpha value is -0.720. The predicted molar refractivity (Wildman–Crippen MR) is 78.2 cm³/mol. The molecular weight excluding hydrogens is 360 g/mol. The average molecular weight is 374 g/mol. The maximum Gasteiger partial charge on any atom is 0.138 e. The SMILES string of the molecule is CCn1ncnc1CC(N)c1ccc(Br)cc1Br. The first-order valence-electron chi connectivity index (χ1n) is 5.69. The normalized spacial score (nSPS) is 12.7. The topological polar surface area (TPSA) is 56.7 Å². The van der Waals surface area contributed by atoms with Gasteiger partial charge in [0.25, 0.3) is 0 Å². The monoisotopic (exact) mass is 372 g/mol. The maximum atomic E-state index is 6.23. The van der Waals surface area contributed by atoms with Crippen LogP contribution in [0.1, 0.15) is 24.4 Å². The van der Waals surface area contributed by atoms with Gasteiger partial charge in [-0.1, -0.05) is 37.9 Å². The quantitative estimate of drug-likeness (QED) is 0.895. The second-order valence-corrected chi connectivity index (χ2v) is 5.74. The van der Waals surface area contributed by atoms with E-state index in [1.54, 1.807) is 6.33 Å². The van der Waals surface area contributed by atoms with E-state index in [9.17, 15) is 0 Å². The van der Waals surface area contributed by atoms with Gasteiger partial charge in [0.1, 0.15) is 12.2 Å². The molecule has 0 aliphatic carbocycles. The molecular formula is C12H14Br2N4. The van der Waals surface area contributed by atoms with Gasteiger partial charge in [0.05, 0.1) is 0 Å². The molecule has 2 N–H and O–H groups in total. The number of hydrogen-bond donors (Lipinski definition) is 1. The molecule has 1 unspecified atom stereocenters. The molecule has 1 aromatic carbocycles. The van der Waals surface area contributed by atoms with Crippen molar-refractivity contribution < 1.29 is 0 Å². The van der Waals surface area contributed by atoms with E-state index in [2.05, 4.69) is 41.9 Å². The largest absolute Gasteiger partial charge is 0.324 e. The van der Waals surface area contributed by atoms with Gasteiger partial charge in [-0.25, -0.2) is 4.98 Å². The lowest BCUT2D eigenvalue weighted by atomic mass is 10.0. The summed E-state index contributed by atoms with van der Waals surface area (Å²) in [5.41, 5.74) is 7.31. The summed E-state index contributed by atoms with van der Waals surface area (Å²) in [5, 5.41) is 4.15. The zero-order valence-corrected chi connectivity index (χ0v) is 13.1. The molecule has 0 saturated heterocycles. The van der Waals surface area contributed by atoms with E-state index in [1.807, 2.05) is 29.8 Å². The van der Waals surface area contributed by atoms with E-state index in [0.29, 0.717) is 6.42 Å². The van der Waals surface area contributed by atoms with Crippen molar-refractivity contribution in [2.24, 2.45) is 5.73 Å². The Morgan fingerprint density at radius 3 is 2.83 bits per heavy atom. The van der Waals surface area contributed by atoms with E-state index >= 15 is 0 Å². The van der Waals surface area contributed by atoms with E-state index in [1.165, 1.54) is 0 Å². The van der Waals surface area contributed by atoms with Crippen LogP contribution < -0.4 is 5.73 Å². The third-order valence-electron chi connectivity index (χ3n) is 2.76. The molecule has 18 heavy (non-hydrogen) atoms. The van der Waals surface area contributed by atoms with Gasteiger partial charge in [-0.05, 0) is 24.6 Å². The van der Waals surface area contributed by atoms with Crippen molar-refractivity contribution in [1.29, 1.82) is 0 Å². The van der Waals surface area contributed by atoms with Crippen molar-refractivity contribution in [2.75, 3.05) is 0 Å². The number of benzene rings is 1. The highest BCUT2D eigenvalue weighted by atomic mass is 79.9. The Labute approximate surface area is 123 Å². The van der Waals surface area contributed by atoms with Crippen LogP contribution in [0.3, 0.4) is 0 Å². The molecule has 0 bridgehead atoms. The van der Waals surface area contributed by atoms with Crippen LogP contribution in [-0.2, 0) is 13.0 Å². The first-order valence-corrected chi connectivity index (χ1v) is 7.27. The van der Waals surface area contributed by atoms with Gasteiger partial charge < -0.3 is 5.73 Å². The van der Waals surface area contributed by atoms with Gasteiger partial charge in [0.15, 0.2) is 0 Å². The van der Waals surface area contributed by atoms with Gasteiger partial charge in [-0.15, -0.1) is 0 Å². The van der Waals surface area contributed by atoms with Crippen LogP contribution in [0.15, 0.2) is 33.5 Å². The summed E-state index contributed by atoms with van der Waals surface area (Å²) in [6.45, 7) is 2.85. The van der Waals surface area contributed by atoms with E-state index in [-0.39, 0.29) is 6.04 Å². The van der Waals surface area contributed by atoms with E-state index < -0.39 is 0 Å². The molecule has 0 amide bonds. The van der Waals surface area contributed by atoms with Crippen LogP contribution in [0.25, 0.3) is 0 Å². The highest BCUT2D eigenvalue weighted by molar-refractivity contribution is 9.11. The minimum absolute atomic E-state index is 0.0954. The molecule has 0 fully saturated rings. The second-order valence-electron chi connectivity index (χ2n) is 3.97. The van der Waals surface area contributed by atoms with Gasteiger partial charge >= 0.3 is 0 Å². The summed E-state index contributed by atoms with van der Waals surface area (Å²) in [6.07, 6.45) is 2.25. The van der Waals surface area contributed by atoms with Gasteiger partial charge in [-0.2, -0.15) is 5.10 Å². The Kier molecular flexibility index (Phi) is 4.53. The second kappa shape index (κ2) is 5.95. The zero-order chi connectivity index (χ0) is 13.1. The summed E-state index contributed by atoms with van der Waals surface area (Å²) in [5.74, 6) is 0.916. The van der Waals surface area contributed by atoms with Crippen LogP contribution in [0.2, 0.25) is 0 Å². The third kappa shape index (κ3) is 2.99. The van der Waals surface area contributed by atoms with E-state index in [0.717, 1.165) is 26.9 Å². The first-order chi connectivity index (χ1) is 8.61. The number of nitrogens with zero attached hydrogens (tertiary/aromatic N) is 3. The number of aromatic nitrogens is 3. The van der Waals surface area contributed by atoms with Crippen molar-refractivity contribution in [3.8, 4) is 0 Å². The van der Waals surface area contributed by atoms with Crippen LogP contribution in [0, 0.1) is 0 Å². The molecule has 6 heteroatoms. The molecule has 1 heterocycles. The lowest BCUT2D eigenvalue weighted by molar-refractivity contribution is 0.580. The summed E-state index contributed by atoms with van der Waals surface area (Å²) in [7, 11) is 0. The zero-order valence-electron chi connectivity index (χ0n) is 9.98. The molecule has 0 radical (unpaired) electrons. The van der Waals surface area contributed by atoms with Crippen LogP contribution in [0.4, 0.5) is 0 Å². The standard InChI is InChI=1S/C12H14Br2N4/c1-2-18-12(16-7-17-18)6-11(15)9-4-3-8(13)5-10(9)14/h3-5,7,11H,2,6,15H2,1H3. The van der Waals surface area contributed by atoms with Crippen molar-refractivity contribution >= 4 is 31.9 Å². The Morgan fingerprint density at radius 2 is 2.17 bits per heavy atom. The Morgan fingerprint density at radius 1 is 1.39 bits per heavy atom. The number of halogens is 2. The van der Waals surface area contributed by atoms with Crippen LogP contribution >= 0.6 is 31.9 Å². The van der Waals surface area contributed by atoms with Crippen molar-refractivity contribution in [1.82, 2.24) is 14.8 Å². The Balaban J connectivity index is 2.19. The third-order valence-corrected chi connectivity index (χ3v) is 3.94. The molecule has 2 rings (SSSR count). The maximum absolute atomic E-state index is 6.23. The molecule has 96 valence electrons. The molecule has 0 aliphatic heterocycles. The number of aryl methyl sites for hydroxylation is 1. The van der Waals surface area contributed by atoms with Gasteiger partial charge in [0, 0.05) is 28.0 Å². The lowest BCUT2D eigenvalue weighted by Crippen LogP contribution is -2.17. The van der Waals surface area contributed by atoms with Crippen molar-refractivity contribution in [3.63, 3.8) is 0 Å². The van der Waals surface area contributed by atoms with Gasteiger partial charge in [-0.3, -0.25) is 4.68 Å². The number of rotatable bonds is 4. The fraction of sp³-hybridized carbons (Fsp3) is 0.333. The molecule has 4 nitrogen and oxygen atoms in total. The summed E-state index contributed by atoms with van der Waals surface area (Å²) < 4.78 is 3.90. The van der Waals surface area contributed by atoms with Crippen LogP contribution in [-0.4, -0.2) is 14.8 Å². The summed E-state index contributed by atoms with van der Waals surface area (Å²) in [4.78, 5) is 4.25. The van der Waals surface area contributed by atoms with Crippen molar-refractivity contribution in [2.45, 2.75) is 25.9 Å². The first kappa shape index (κ1) is 13.7. The lowest BCUT2D eigenvalue weighted by Gasteiger charge is -2.14. The fourth-order valence-corrected chi connectivity index (χ4v) is 3.16. The minimum atomic E-state index is -0.0954. The molecule has 2 aromatic rings. The van der Waals surface area contributed by atoms with Crippen LogP contribution in [0.5, 0.6) is 0 Å². The highest BCUT2D eigenvalue weighted by Gasteiger charge is 2.14. The predicted octanol–water partition coefficient (Wildman–Crippen LogP) is 3.07. The average Bonchev–Trinajstić information content (AvgIpc) is 2.76. The summed E-state index contributed by atoms with van der Waals surface area (Å²) >= 11 is 6.97. The fourth-order valence-electron chi connectivity index (χ4n) is 1.82. The minimum Gasteiger partial charge on any atom is -0.324 e. The molecule has 0 aliphatic rings. The van der Waals surface area contributed by atoms with E-state index in [4.69, 9.17) is 5.73 Å². The molecule has 0 saturated carbocycles. The molecule has 1 aromatic heterocycles. The molecule has 1 atom stereocenters. The van der Waals surface area contributed by atoms with Crippen molar-refractivity contribution in [3.05, 3.63) is 44.9 Å². The van der Waals surface area contributed by atoms with Gasteiger partial charge in [0.2, 0.25) is 0 Å². The molecule has 0 spiro atoms.